The Hall–Kier alpha value is -3.42. The second kappa shape index (κ2) is 11.2. The highest BCUT2D eigenvalue weighted by atomic mass is 16.8. The van der Waals surface area contributed by atoms with E-state index in [1.165, 1.54) is 14.2 Å². The zero-order chi connectivity index (χ0) is 39.6. The van der Waals surface area contributed by atoms with E-state index in [1.54, 1.807) is 13.0 Å². The van der Waals surface area contributed by atoms with Gasteiger partial charge < -0.3 is 38.6 Å². The highest BCUT2D eigenvalue weighted by Gasteiger charge is 2.87. The van der Waals surface area contributed by atoms with E-state index in [1.807, 2.05) is 18.2 Å². The number of para-hydroxylation sites is 1. The van der Waals surface area contributed by atoms with Gasteiger partial charge in [0, 0.05) is 43.8 Å². The van der Waals surface area contributed by atoms with Crippen LogP contribution in [0.5, 0.6) is 5.75 Å². The molecule has 4 saturated carbocycles. The first-order valence-corrected chi connectivity index (χ1v) is 20.2. The summed E-state index contributed by atoms with van der Waals surface area (Å²) in [5.74, 6) is -3.72. The number of ether oxygens (including phenoxy) is 6. The van der Waals surface area contributed by atoms with Crippen molar-refractivity contribution < 1.29 is 57.8 Å². The molecule has 2 saturated heterocycles. The van der Waals surface area contributed by atoms with Gasteiger partial charge in [0.2, 0.25) is 11.6 Å². The molecule has 1 aromatic carbocycles. The molecule has 2 N–H and O–H groups in total. The van der Waals surface area contributed by atoms with E-state index in [-0.39, 0.29) is 49.5 Å². The van der Waals surface area contributed by atoms with Crippen molar-refractivity contribution in [1.29, 1.82) is 0 Å². The molecular formula is C44H52O12. The van der Waals surface area contributed by atoms with E-state index in [9.17, 15) is 24.6 Å². The first kappa shape index (κ1) is 36.9. The SMILES string of the molecule is COC[C@H](CC(=O)O[C@@]1(C)CO[C@@]2(C[C@@H]([C@H]3CC[C@]45C[C@]34C=C[C@@H]3[C@@]4(C)CC=C6[C@@]7(C[C@]6(C)[C@@H]4[C@@H](O)C(=O)[C@]35C)Oc3ccccc3C7=O)C(=O)O2)[C@@H]1O)OC. The molecule has 10 rings (SSSR count). The smallest absolute Gasteiger partial charge is 0.312 e. The van der Waals surface area contributed by atoms with Gasteiger partial charge in [0.1, 0.15) is 11.9 Å². The number of carbonyl (C=O) groups is 4. The third kappa shape index (κ3) is 4.03. The Kier molecular flexibility index (Phi) is 7.37. The molecular weight excluding hydrogens is 720 g/mol. The Balaban J connectivity index is 0.922. The number of rotatable bonds is 7. The average Bonchev–Trinajstić information content (AvgIpc) is 3.29. The Bertz CT molecular complexity index is 2040. The number of ketones is 2. The van der Waals surface area contributed by atoms with Gasteiger partial charge in [0.25, 0.3) is 0 Å². The highest BCUT2D eigenvalue weighted by Crippen LogP contribution is 2.89. The van der Waals surface area contributed by atoms with E-state index in [0.717, 1.165) is 5.57 Å². The lowest BCUT2D eigenvalue weighted by Gasteiger charge is -2.69. The summed E-state index contributed by atoms with van der Waals surface area (Å²) in [5.41, 5.74) is -3.99. The maximum Gasteiger partial charge on any atom is 0.312 e. The molecule has 12 heteroatoms. The molecule has 0 amide bonds. The van der Waals surface area contributed by atoms with Gasteiger partial charge in [-0.15, -0.1) is 0 Å². The number of aliphatic hydroxyl groups is 2. The van der Waals surface area contributed by atoms with Gasteiger partial charge in [0.15, 0.2) is 23.1 Å². The second-order valence-corrected chi connectivity index (χ2v) is 19.5. The highest BCUT2D eigenvalue weighted by molar-refractivity contribution is 6.11. The fourth-order valence-corrected chi connectivity index (χ4v) is 14.8. The first-order chi connectivity index (χ1) is 26.5. The lowest BCUT2D eigenvalue weighted by molar-refractivity contribution is -0.224. The molecule has 0 unspecified atom stereocenters. The summed E-state index contributed by atoms with van der Waals surface area (Å²) in [5, 5.41) is 24.0. The standard InChI is InChI=1S/C44H52O12/c1-37-14-12-29-38(2,20-43(29)33(47)24-9-7-8-10-27(24)54-43)32(37)31(46)34(48)40(4)28(37)13-15-41-21-42(40,41)16-11-26(41)25-18-44(56-35(25)49)36(50)39(3,22-53-44)55-30(45)17-23(52-6)19-51-5/h7-10,12-13,15,23,25-26,28,31-32,36,46,50H,11,14,16-22H2,1-6H3/t23-,25-,26+,28+,31+,32+,36+,37+,38-,39-,40-,41+,42+,43+,44+/m0/s1. The Labute approximate surface area is 326 Å². The van der Waals surface area contributed by atoms with Crippen LogP contribution in [0.3, 0.4) is 0 Å². The fourth-order valence-electron chi connectivity index (χ4n) is 14.8. The summed E-state index contributed by atoms with van der Waals surface area (Å²) in [6.07, 6.45) is 6.58. The molecule has 1 aromatic rings. The Morgan fingerprint density at radius 1 is 1.04 bits per heavy atom. The van der Waals surface area contributed by atoms with Crippen molar-refractivity contribution in [2.24, 2.45) is 50.7 Å². The summed E-state index contributed by atoms with van der Waals surface area (Å²) >= 11 is 0. The molecule has 6 fully saturated rings. The Morgan fingerprint density at radius 3 is 2.54 bits per heavy atom. The molecule has 3 heterocycles. The number of fused-ring (bicyclic) bond motifs is 7. The zero-order valence-electron chi connectivity index (χ0n) is 32.9. The molecule has 300 valence electrons. The summed E-state index contributed by atoms with van der Waals surface area (Å²) in [6.45, 7) is 7.97. The maximum absolute atomic E-state index is 15.0. The normalized spacial score (nSPS) is 50.5. The van der Waals surface area contributed by atoms with Crippen LogP contribution in [0.4, 0.5) is 0 Å². The van der Waals surface area contributed by atoms with Gasteiger partial charge >= 0.3 is 11.9 Å². The van der Waals surface area contributed by atoms with Gasteiger partial charge in [-0.25, -0.2) is 0 Å². The minimum atomic E-state index is -1.67. The minimum absolute atomic E-state index is 0.0512. The van der Waals surface area contributed by atoms with E-state index in [2.05, 4.69) is 39.0 Å². The Morgan fingerprint density at radius 2 is 1.80 bits per heavy atom. The monoisotopic (exact) mass is 772 g/mol. The average molecular weight is 773 g/mol. The predicted octanol–water partition coefficient (Wildman–Crippen LogP) is 4.29. The molecule has 6 aliphatic carbocycles. The summed E-state index contributed by atoms with van der Waals surface area (Å²) in [4.78, 5) is 55.7. The largest absolute Gasteiger partial charge is 0.474 e. The maximum atomic E-state index is 15.0. The topological polar surface area (TPSA) is 164 Å². The molecule has 15 atom stereocenters. The molecule has 56 heavy (non-hydrogen) atoms. The summed E-state index contributed by atoms with van der Waals surface area (Å²) < 4.78 is 34.6. The predicted molar refractivity (Wildman–Crippen MR) is 196 cm³/mol. The van der Waals surface area contributed by atoms with Crippen molar-refractivity contribution in [3.63, 3.8) is 0 Å². The van der Waals surface area contributed by atoms with E-state index in [4.69, 9.17) is 28.4 Å². The van der Waals surface area contributed by atoms with Crippen molar-refractivity contribution in [3.05, 3.63) is 53.6 Å². The second-order valence-electron chi connectivity index (χ2n) is 19.5. The number of methoxy groups -OCH3 is 2. The van der Waals surface area contributed by atoms with Gasteiger partial charge in [0.05, 0.1) is 37.2 Å². The third-order valence-corrected chi connectivity index (χ3v) is 17.1. The van der Waals surface area contributed by atoms with E-state index >= 15 is 4.79 Å². The minimum Gasteiger partial charge on any atom is -0.474 e. The molecule has 2 spiro atoms. The van der Waals surface area contributed by atoms with Crippen LogP contribution < -0.4 is 4.74 Å². The van der Waals surface area contributed by atoms with Crippen molar-refractivity contribution in [1.82, 2.24) is 0 Å². The quantitative estimate of drug-likeness (QED) is 0.299. The van der Waals surface area contributed by atoms with E-state index in [0.29, 0.717) is 43.4 Å². The summed E-state index contributed by atoms with van der Waals surface area (Å²) in [7, 11) is 2.98. The van der Waals surface area contributed by atoms with E-state index < -0.39 is 86.2 Å². The van der Waals surface area contributed by atoms with Crippen LogP contribution in [-0.2, 0) is 38.1 Å². The van der Waals surface area contributed by atoms with Crippen LogP contribution in [-0.4, -0.2) is 96.5 Å². The van der Waals surface area contributed by atoms with Gasteiger partial charge in [-0.1, -0.05) is 51.1 Å². The van der Waals surface area contributed by atoms with Crippen LogP contribution in [0, 0.1) is 50.7 Å². The van der Waals surface area contributed by atoms with Crippen LogP contribution in [0.25, 0.3) is 0 Å². The fraction of sp³-hybridized carbons (Fsp3) is 0.682. The van der Waals surface area contributed by atoms with Gasteiger partial charge in [-0.05, 0) is 78.4 Å². The number of aliphatic hydroxyl groups excluding tert-OH is 2. The number of esters is 2. The van der Waals surface area contributed by atoms with Crippen LogP contribution in [0.2, 0.25) is 0 Å². The number of carbonyl (C=O) groups excluding carboxylic acids is 4. The molecule has 3 aliphatic heterocycles. The molecule has 0 aromatic heterocycles. The van der Waals surface area contributed by atoms with Crippen LogP contribution in [0.1, 0.15) is 83.0 Å². The zero-order valence-corrected chi connectivity index (χ0v) is 32.9. The molecule has 12 nitrogen and oxygen atoms in total. The molecule has 0 bridgehead atoms. The third-order valence-electron chi connectivity index (χ3n) is 17.1. The van der Waals surface area contributed by atoms with Gasteiger partial charge in [-0.3, -0.25) is 19.2 Å². The van der Waals surface area contributed by atoms with Crippen molar-refractivity contribution >= 4 is 23.5 Å². The van der Waals surface area contributed by atoms with Crippen molar-refractivity contribution in [2.75, 3.05) is 27.4 Å². The first-order valence-electron chi connectivity index (χ1n) is 20.2. The van der Waals surface area contributed by atoms with Gasteiger partial charge in [-0.2, -0.15) is 0 Å². The number of hydrogen-bond acceptors (Lipinski definition) is 12. The van der Waals surface area contributed by atoms with Crippen molar-refractivity contribution in [2.45, 2.75) is 108 Å². The van der Waals surface area contributed by atoms with Crippen LogP contribution in [0.15, 0.2) is 48.1 Å². The summed E-state index contributed by atoms with van der Waals surface area (Å²) in [6, 6.07) is 7.32. The molecule has 0 radical (unpaired) electrons. The van der Waals surface area contributed by atoms with Crippen molar-refractivity contribution in [3.8, 4) is 5.75 Å². The lowest BCUT2D eigenvalue weighted by atomic mass is 9.34. The number of Topliss-reactive ketones (excluding diaryl/α,β-unsaturated/α-hetero) is 2. The number of hydrogen-bond donors (Lipinski definition) is 2. The number of benzene rings is 1. The number of allylic oxidation sites excluding steroid dienone is 3. The van der Waals surface area contributed by atoms with Crippen LogP contribution >= 0.6 is 0 Å². The molecule has 9 aliphatic rings. The lowest BCUT2D eigenvalue weighted by Crippen LogP contribution is -2.73.